The second-order valence-corrected chi connectivity index (χ2v) is 1.49. The van der Waals surface area contributed by atoms with Crippen LogP contribution in [0.1, 0.15) is 0 Å². The molecule has 1 aliphatic rings. The van der Waals surface area contributed by atoms with Crippen molar-refractivity contribution in [3.05, 3.63) is 0 Å². The highest BCUT2D eigenvalue weighted by Crippen LogP contribution is 1.99. The molecule has 0 aromatic heterocycles. The second-order valence-electron chi connectivity index (χ2n) is 1.49. The Labute approximate surface area is 46.9 Å². The van der Waals surface area contributed by atoms with E-state index in [4.69, 9.17) is 9.84 Å². The molecule has 1 saturated heterocycles. The van der Waals surface area contributed by atoms with Crippen LogP contribution in [-0.4, -0.2) is 31.2 Å². The van der Waals surface area contributed by atoms with Gasteiger partial charge >= 0.3 is 0 Å². The molecule has 8 heavy (non-hydrogen) atoms. The quantitative estimate of drug-likeness (QED) is 0.464. The molecule has 1 unspecified atom stereocenters. The minimum Gasteiger partial charge on any atom is -0.394 e. The lowest BCUT2D eigenvalue weighted by atomic mass is 10.4. The van der Waals surface area contributed by atoms with Crippen molar-refractivity contribution in [2.75, 3.05) is 20.0 Å². The van der Waals surface area contributed by atoms with E-state index in [0.29, 0.717) is 6.61 Å². The van der Waals surface area contributed by atoms with Gasteiger partial charge < -0.3 is 9.84 Å². The molecule has 4 nitrogen and oxygen atoms in total. The summed E-state index contributed by atoms with van der Waals surface area (Å²) in [7, 11) is 0. The number of aliphatic hydroxyl groups is 1. The van der Waals surface area contributed by atoms with Crippen LogP contribution < -0.4 is 0 Å². The van der Waals surface area contributed by atoms with E-state index in [0.717, 1.165) is 0 Å². The van der Waals surface area contributed by atoms with Crippen LogP contribution in [0.3, 0.4) is 0 Å². The molecule has 0 aromatic carbocycles. The van der Waals surface area contributed by atoms with E-state index in [2.05, 4.69) is 9.78 Å². The normalized spacial score (nSPS) is 30.4. The Bertz CT molecular complexity index is 59.1. The summed E-state index contributed by atoms with van der Waals surface area (Å²) >= 11 is 0. The lowest BCUT2D eigenvalue weighted by Gasteiger charge is -2.18. The summed E-state index contributed by atoms with van der Waals surface area (Å²) in [5.41, 5.74) is 0. The van der Waals surface area contributed by atoms with Gasteiger partial charge in [-0.2, -0.15) is 0 Å². The maximum absolute atomic E-state index is 8.43. The van der Waals surface area contributed by atoms with Crippen molar-refractivity contribution in [2.24, 2.45) is 0 Å². The number of ether oxygens (including phenoxy) is 1. The Balaban J connectivity index is 2.13. The molecule has 1 aliphatic heterocycles. The standard InChI is InChI=1S/C4H8O4/c5-1-4-2-7-8-3-6-4/h4-5H,1-3H2. The van der Waals surface area contributed by atoms with Crippen molar-refractivity contribution in [3.63, 3.8) is 0 Å². The Morgan fingerprint density at radius 3 is 2.75 bits per heavy atom. The number of aliphatic hydroxyl groups excluding tert-OH is 1. The molecule has 1 heterocycles. The van der Waals surface area contributed by atoms with E-state index in [1.54, 1.807) is 0 Å². The Morgan fingerprint density at radius 1 is 1.50 bits per heavy atom. The monoisotopic (exact) mass is 120 g/mol. The molecular formula is C4H8O4. The van der Waals surface area contributed by atoms with Crippen molar-refractivity contribution in [1.82, 2.24) is 0 Å². The van der Waals surface area contributed by atoms with E-state index in [-0.39, 0.29) is 19.5 Å². The molecule has 1 atom stereocenters. The van der Waals surface area contributed by atoms with Crippen LogP contribution in [0, 0.1) is 0 Å². The minimum atomic E-state index is -0.205. The number of hydrogen-bond acceptors (Lipinski definition) is 4. The molecule has 1 N–H and O–H groups in total. The topological polar surface area (TPSA) is 47.9 Å². The predicted octanol–water partition coefficient (Wildman–Crippen LogP) is -0.717. The van der Waals surface area contributed by atoms with E-state index in [1.165, 1.54) is 0 Å². The molecule has 0 aromatic rings. The van der Waals surface area contributed by atoms with Crippen LogP contribution in [-0.2, 0) is 14.5 Å². The fraction of sp³-hybridized carbons (Fsp3) is 1.00. The van der Waals surface area contributed by atoms with Gasteiger partial charge in [0.15, 0.2) is 6.79 Å². The maximum atomic E-state index is 8.43. The third kappa shape index (κ3) is 1.41. The predicted molar refractivity (Wildman–Crippen MR) is 23.9 cm³/mol. The van der Waals surface area contributed by atoms with Gasteiger partial charge in [0.1, 0.15) is 12.7 Å². The maximum Gasteiger partial charge on any atom is 0.181 e. The highest BCUT2D eigenvalue weighted by Gasteiger charge is 2.12. The molecule has 0 spiro atoms. The molecule has 0 aliphatic carbocycles. The zero-order valence-electron chi connectivity index (χ0n) is 4.37. The van der Waals surface area contributed by atoms with Gasteiger partial charge in [0.2, 0.25) is 0 Å². The van der Waals surface area contributed by atoms with Crippen molar-refractivity contribution >= 4 is 0 Å². The zero-order valence-corrected chi connectivity index (χ0v) is 4.37. The van der Waals surface area contributed by atoms with Crippen molar-refractivity contribution < 1.29 is 19.6 Å². The minimum absolute atomic E-state index is 0.0106. The van der Waals surface area contributed by atoms with E-state index >= 15 is 0 Å². The van der Waals surface area contributed by atoms with Gasteiger partial charge in [0.25, 0.3) is 0 Å². The average molecular weight is 120 g/mol. The highest BCUT2D eigenvalue weighted by molar-refractivity contribution is 4.51. The lowest BCUT2D eigenvalue weighted by Crippen LogP contribution is -2.30. The smallest absolute Gasteiger partial charge is 0.181 e. The Hall–Kier alpha value is -0.160. The Morgan fingerprint density at radius 2 is 2.38 bits per heavy atom. The van der Waals surface area contributed by atoms with Crippen LogP contribution >= 0.6 is 0 Å². The van der Waals surface area contributed by atoms with Gasteiger partial charge in [-0.15, -0.1) is 0 Å². The average Bonchev–Trinajstić information content (AvgIpc) is 1.90. The second kappa shape index (κ2) is 2.99. The van der Waals surface area contributed by atoms with Crippen LogP contribution in [0.4, 0.5) is 0 Å². The van der Waals surface area contributed by atoms with Gasteiger partial charge in [0.05, 0.1) is 6.61 Å². The molecule has 0 amide bonds. The van der Waals surface area contributed by atoms with E-state index in [1.807, 2.05) is 0 Å². The highest BCUT2D eigenvalue weighted by atomic mass is 17.2. The van der Waals surface area contributed by atoms with E-state index in [9.17, 15) is 0 Å². The lowest BCUT2D eigenvalue weighted by molar-refractivity contribution is -0.392. The van der Waals surface area contributed by atoms with Crippen molar-refractivity contribution in [2.45, 2.75) is 6.10 Å². The summed E-state index contributed by atoms with van der Waals surface area (Å²) < 4.78 is 4.83. The van der Waals surface area contributed by atoms with Gasteiger partial charge in [-0.3, -0.25) is 0 Å². The fourth-order valence-electron chi connectivity index (χ4n) is 0.436. The van der Waals surface area contributed by atoms with Crippen molar-refractivity contribution in [3.8, 4) is 0 Å². The molecule has 0 radical (unpaired) electrons. The first kappa shape index (κ1) is 5.97. The van der Waals surface area contributed by atoms with Gasteiger partial charge in [-0.25, -0.2) is 9.78 Å². The summed E-state index contributed by atoms with van der Waals surface area (Å²) in [4.78, 5) is 8.86. The SMILES string of the molecule is OCC1COOCO1. The molecule has 0 saturated carbocycles. The molecule has 0 bridgehead atoms. The number of hydrogen-bond donors (Lipinski definition) is 1. The molecule has 1 fully saturated rings. The third-order valence-electron chi connectivity index (χ3n) is 0.893. The Kier molecular flexibility index (Phi) is 2.23. The third-order valence-corrected chi connectivity index (χ3v) is 0.893. The first-order chi connectivity index (χ1) is 3.93. The van der Waals surface area contributed by atoms with E-state index < -0.39 is 0 Å². The van der Waals surface area contributed by atoms with Gasteiger partial charge in [0, 0.05) is 0 Å². The summed E-state index contributed by atoms with van der Waals surface area (Å²) in [6.07, 6.45) is -0.205. The first-order valence-corrected chi connectivity index (χ1v) is 2.40. The van der Waals surface area contributed by atoms with Crippen LogP contribution in [0.15, 0.2) is 0 Å². The van der Waals surface area contributed by atoms with Gasteiger partial charge in [-0.05, 0) is 0 Å². The zero-order chi connectivity index (χ0) is 5.82. The first-order valence-electron chi connectivity index (χ1n) is 2.40. The van der Waals surface area contributed by atoms with Crippen LogP contribution in [0.5, 0.6) is 0 Å². The summed E-state index contributed by atoms with van der Waals surface area (Å²) in [5, 5.41) is 8.43. The molecule has 4 heteroatoms. The summed E-state index contributed by atoms with van der Waals surface area (Å²) in [6.45, 7) is 0.422. The molecule has 1 rings (SSSR count). The van der Waals surface area contributed by atoms with Crippen molar-refractivity contribution in [1.29, 1.82) is 0 Å². The fourth-order valence-corrected chi connectivity index (χ4v) is 0.436. The van der Waals surface area contributed by atoms with Crippen LogP contribution in [0.2, 0.25) is 0 Å². The summed E-state index contributed by atoms with van der Waals surface area (Å²) in [5.74, 6) is 0. The van der Waals surface area contributed by atoms with Gasteiger partial charge in [-0.1, -0.05) is 0 Å². The van der Waals surface area contributed by atoms with Crippen LogP contribution in [0.25, 0.3) is 0 Å². The largest absolute Gasteiger partial charge is 0.394 e. The summed E-state index contributed by atoms with van der Waals surface area (Å²) in [6, 6.07) is 0. The number of rotatable bonds is 1. The molecular weight excluding hydrogens is 112 g/mol. The molecule has 48 valence electrons.